The molecule has 1 heterocycles. The van der Waals surface area contributed by atoms with Crippen molar-refractivity contribution in [3.63, 3.8) is 0 Å². The lowest BCUT2D eigenvalue weighted by Gasteiger charge is -2.61. The maximum Gasteiger partial charge on any atom is 0.302 e. The molecule has 36 heavy (non-hydrogen) atoms. The van der Waals surface area contributed by atoms with Gasteiger partial charge in [-0.1, -0.05) is 27.7 Å². The first-order valence-corrected chi connectivity index (χ1v) is 14.9. The van der Waals surface area contributed by atoms with Crippen LogP contribution < -0.4 is 0 Å². The van der Waals surface area contributed by atoms with Crippen LogP contribution >= 0.6 is 0 Å². The van der Waals surface area contributed by atoms with E-state index in [9.17, 15) is 9.59 Å². The molecule has 0 unspecified atom stereocenters. The summed E-state index contributed by atoms with van der Waals surface area (Å²) in [5.74, 6) is 3.86. The van der Waals surface area contributed by atoms with Crippen LogP contribution in [0.4, 0.5) is 0 Å². The second kappa shape index (κ2) is 9.73. The molecule has 202 valence electrons. The molecule has 0 saturated heterocycles. The normalized spacial score (nSPS) is 47.0. The van der Waals surface area contributed by atoms with E-state index in [0.717, 1.165) is 38.1 Å². The first-order valence-electron chi connectivity index (χ1n) is 14.9. The highest BCUT2D eigenvalue weighted by molar-refractivity contribution is 5.87. The smallest absolute Gasteiger partial charge is 0.302 e. The number of esters is 2. The van der Waals surface area contributed by atoms with Gasteiger partial charge >= 0.3 is 11.9 Å². The lowest BCUT2D eigenvalue weighted by atomic mass is 9.44. The number of fused-ring (bicyclic) bond motifs is 5. The lowest BCUT2D eigenvalue weighted by Crippen LogP contribution is -2.54. The van der Waals surface area contributed by atoms with Gasteiger partial charge in [0.25, 0.3) is 0 Å². The molecule has 1 aliphatic heterocycles. The van der Waals surface area contributed by atoms with Gasteiger partial charge in [-0.05, 0) is 105 Å². The Kier molecular flexibility index (Phi) is 7.09. The van der Waals surface area contributed by atoms with Crippen molar-refractivity contribution < 1.29 is 19.1 Å². The molecule has 4 fully saturated rings. The fourth-order valence-electron chi connectivity index (χ4n) is 10.2. The summed E-state index contributed by atoms with van der Waals surface area (Å²) in [4.78, 5) is 28.9. The van der Waals surface area contributed by atoms with Crippen LogP contribution in [0.5, 0.6) is 0 Å². The van der Waals surface area contributed by atoms with Crippen LogP contribution in [0.1, 0.15) is 106 Å². The van der Waals surface area contributed by atoms with Crippen LogP contribution in [-0.2, 0) is 19.1 Å². The third-order valence-electron chi connectivity index (χ3n) is 11.9. The summed E-state index contributed by atoms with van der Waals surface area (Å²) in [5.41, 5.74) is 1.91. The third-order valence-corrected chi connectivity index (χ3v) is 11.9. The molecular formula is C31H49NO4. The van der Waals surface area contributed by atoms with Crippen molar-refractivity contribution in [2.75, 3.05) is 6.54 Å². The summed E-state index contributed by atoms with van der Waals surface area (Å²) >= 11 is 0. The monoisotopic (exact) mass is 499 g/mol. The SMILES string of the molecule is CC(=O)O[C@H]1CC[C@@]2(C)[C@@H](CC[C@@H]3[C@@H]2CC[C@]2(C)[C@@H]([C@@H](C)C4=NC[C@@H](C)CC4)[C@H](OC(C)=O)C[C@@H]32)C1. The number of hydrogen-bond acceptors (Lipinski definition) is 5. The molecule has 11 atom stereocenters. The van der Waals surface area contributed by atoms with E-state index in [1.165, 1.54) is 44.2 Å². The van der Waals surface area contributed by atoms with Crippen LogP contribution in [0.15, 0.2) is 4.99 Å². The molecule has 0 aromatic rings. The predicted octanol–water partition coefficient (Wildman–Crippen LogP) is 6.63. The van der Waals surface area contributed by atoms with E-state index < -0.39 is 0 Å². The summed E-state index contributed by atoms with van der Waals surface area (Å²) in [5, 5.41) is 0. The Balaban J connectivity index is 1.39. The molecule has 0 aromatic carbocycles. The van der Waals surface area contributed by atoms with E-state index >= 15 is 0 Å². The van der Waals surface area contributed by atoms with Crippen LogP contribution in [0, 0.1) is 52.3 Å². The number of carbonyl (C=O) groups is 2. The van der Waals surface area contributed by atoms with Gasteiger partial charge < -0.3 is 9.47 Å². The van der Waals surface area contributed by atoms with Crippen LogP contribution in [0.3, 0.4) is 0 Å². The Morgan fingerprint density at radius 1 is 0.917 bits per heavy atom. The highest BCUT2D eigenvalue weighted by atomic mass is 16.5. The average Bonchev–Trinajstić information content (AvgIpc) is 3.10. The van der Waals surface area contributed by atoms with Gasteiger partial charge in [-0.3, -0.25) is 14.6 Å². The predicted molar refractivity (Wildman–Crippen MR) is 142 cm³/mol. The largest absolute Gasteiger partial charge is 0.463 e. The molecule has 4 saturated carbocycles. The van der Waals surface area contributed by atoms with E-state index in [-0.39, 0.29) is 29.6 Å². The molecule has 4 aliphatic carbocycles. The Morgan fingerprint density at radius 3 is 2.31 bits per heavy atom. The molecule has 0 aromatic heterocycles. The van der Waals surface area contributed by atoms with Gasteiger partial charge in [0.15, 0.2) is 0 Å². The maximum atomic E-state index is 12.2. The molecule has 5 rings (SSSR count). The van der Waals surface area contributed by atoms with Crippen molar-refractivity contribution in [1.82, 2.24) is 0 Å². The molecule has 0 N–H and O–H groups in total. The number of rotatable bonds is 4. The van der Waals surface area contributed by atoms with Crippen molar-refractivity contribution in [2.45, 2.75) is 118 Å². The van der Waals surface area contributed by atoms with Gasteiger partial charge in [-0.2, -0.15) is 0 Å². The molecule has 5 nitrogen and oxygen atoms in total. The molecular weight excluding hydrogens is 450 g/mol. The quantitative estimate of drug-likeness (QED) is 0.408. The van der Waals surface area contributed by atoms with Crippen molar-refractivity contribution in [2.24, 2.45) is 57.2 Å². The minimum atomic E-state index is -0.134. The number of nitrogens with zero attached hydrogens (tertiary/aromatic N) is 1. The molecule has 5 heteroatoms. The standard InChI is InChI=1S/C31H49NO4/c1-18-7-10-27(32-17-18)19(2)29-28(36-21(4)34)16-26-24-9-8-22-15-23(35-20(3)33)11-13-30(22,5)25(24)12-14-31(26,29)6/h18-19,22-26,28-29H,7-17H2,1-6H3/t18-,19-,22-,23-,24+,25-,26-,28+,29-,30-,31-/m0/s1. The van der Waals surface area contributed by atoms with Gasteiger partial charge in [0.1, 0.15) is 12.2 Å². The van der Waals surface area contributed by atoms with Crippen molar-refractivity contribution >= 4 is 17.7 Å². The van der Waals surface area contributed by atoms with E-state index in [2.05, 4.69) is 27.7 Å². The zero-order valence-electron chi connectivity index (χ0n) is 23.6. The van der Waals surface area contributed by atoms with Crippen LogP contribution in [0.2, 0.25) is 0 Å². The minimum absolute atomic E-state index is 0.0125. The number of carbonyl (C=O) groups excluding carboxylic acids is 2. The minimum Gasteiger partial charge on any atom is -0.463 e. The molecule has 0 radical (unpaired) electrons. The summed E-state index contributed by atoms with van der Waals surface area (Å²) in [6, 6.07) is 0. The van der Waals surface area contributed by atoms with E-state index in [1.54, 1.807) is 13.8 Å². The van der Waals surface area contributed by atoms with Gasteiger partial charge in [0.05, 0.1) is 0 Å². The number of aliphatic imine (C=N–C) groups is 1. The third kappa shape index (κ3) is 4.45. The van der Waals surface area contributed by atoms with E-state index in [4.69, 9.17) is 14.5 Å². The lowest BCUT2D eigenvalue weighted by molar-refractivity contribution is -0.160. The Bertz CT molecular complexity index is 899. The first-order chi connectivity index (χ1) is 17.0. The topological polar surface area (TPSA) is 65.0 Å². The average molecular weight is 500 g/mol. The summed E-state index contributed by atoms with van der Waals surface area (Å²) in [6.45, 7) is 13.9. The Morgan fingerprint density at radius 2 is 1.64 bits per heavy atom. The van der Waals surface area contributed by atoms with Gasteiger partial charge in [-0.25, -0.2) is 0 Å². The van der Waals surface area contributed by atoms with Gasteiger partial charge in [0.2, 0.25) is 0 Å². The Labute approximate surface area is 218 Å². The highest BCUT2D eigenvalue weighted by Gasteiger charge is 2.64. The van der Waals surface area contributed by atoms with Gasteiger partial charge in [-0.15, -0.1) is 0 Å². The van der Waals surface area contributed by atoms with Gasteiger partial charge in [0, 0.05) is 37.9 Å². The van der Waals surface area contributed by atoms with Crippen molar-refractivity contribution in [3.05, 3.63) is 0 Å². The first kappa shape index (κ1) is 26.2. The fraction of sp³-hybridized carbons (Fsp3) is 0.903. The van der Waals surface area contributed by atoms with Crippen LogP contribution in [-0.4, -0.2) is 36.4 Å². The highest BCUT2D eigenvalue weighted by Crippen LogP contribution is 2.68. The summed E-state index contributed by atoms with van der Waals surface area (Å²) in [6.07, 6.45) is 11.7. The fourth-order valence-corrected chi connectivity index (χ4v) is 10.2. The zero-order valence-corrected chi connectivity index (χ0v) is 23.6. The zero-order chi connectivity index (χ0) is 25.8. The second-order valence-corrected chi connectivity index (χ2v) is 13.9. The molecule has 5 aliphatic rings. The van der Waals surface area contributed by atoms with E-state index in [1.807, 2.05) is 0 Å². The summed E-state index contributed by atoms with van der Waals surface area (Å²) < 4.78 is 11.8. The maximum absolute atomic E-state index is 12.2. The van der Waals surface area contributed by atoms with E-state index in [0.29, 0.717) is 40.9 Å². The molecule has 0 spiro atoms. The van der Waals surface area contributed by atoms with Crippen LogP contribution in [0.25, 0.3) is 0 Å². The van der Waals surface area contributed by atoms with Crippen molar-refractivity contribution in [3.8, 4) is 0 Å². The second-order valence-electron chi connectivity index (χ2n) is 13.9. The number of ether oxygens (including phenoxy) is 2. The molecule has 0 amide bonds. The van der Waals surface area contributed by atoms with Crippen molar-refractivity contribution in [1.29, 1.82) is 0 Å². The molecule has 0 bridgehead atoms. The Hall–Kier alpha value is -1.39. The number of hydrogen-bond donors (Lipinski definition) is 0. The summed E-state index contributed by atoms with van der Waals surface area (Å²) in [7, 11) is 0.